The lowest BCUT2D eigenvalue weighted by Gasteiger charge is -2.22. The Morgan fingerprint density at radius 1 is 1.30 bits per heavy atom. The third-order valence-electron chi connectivity index (χ3n) is 3.04. The van der Waals surface area contributed by atoms with E-state index >= 15 is 0 Å². The summed E-state index contributed by atoms with van der Waals surface area (Å²) in [6, 6.07) is 5.90. The maximum absolute atomic E-state index is 6.30. The molecule has 106 valence electrons. The van der Waals surface area contributed by atoms with Crippen molar-refractivity contribution in [3.8, 4) is 11.5 Å². The second-order valence-corrected chi connectivity index (χ2v) is 6.68. The number of fused-ring (bicyclic) bond motifs is 1. The summed E-state index contributed by atoms with van der Waals surface area (Å²) in [5, 5.41) is 6.11. The largest absolute Gasteiger partial charge is 0.486 e. The lowest BCUT2D eigenvalue weighted by molar-refractivity contribution is 0.171. The van der Waals surface area contributed by atoms with E-state index in [0.717, 1.165) is 15.9 Å². The topological polar surface area (TPSA) is 30.5 Å². The highest BCUT2D eigenvalue weighted by molar-refractivity contribution is 9.10. The van der Waals surface area contributed by atoms with Gasteiger partial charge >= 0.3 is 0 Å². The molecule has 3 rings (SSSR count). The molecule has 1 unspecified atom stereocenters. The van der Waals surface area contributed by atoms with E-state index in [-0.39, 0.29) is 6.04 Å². The van der Waals surface area contributed by atoms with Crippen LogP contribution in [0.1, 0.15) is 17.8 Å². The number of benzene rings is 1. The van der Waals surface area contributed by atoms with Gasteiger partial charge in [-0.1, -0.05) is 11.6 Å². The number of anilines is 1. The number of hydrogen-bond donors (Lipinski definition) is 1. The van der Waals surface area contributed by atoms with Crippen molar-refractivity contribution < 1.29 is 9.47 Å². The van der Waals surface area contributed by atoms with E-state index in [1.54, 1.807) is 17.4 Å². The van der Waals surface area contributed by atoms with E-state index in [1.165, 1.54) is 4.88 Å². The summed E-state index contributed by atoms with van der Waals surface area (Å²) in [6.45, 7) is 3.23. The summed E-state index contributed by atoms with van der Waals surface area (Å²) in [5.41, 5.74) is 0.851. The molecular weight excluding hydrogens is 362 g/mol. The Bertz CT molecular complexity index is 632. The Labute approximate surface area is 135 Å². The van der Waals surface area contributed by atoms with Gasteiger partial charge in [0.05, 0.1) is 16.8 Å². The molecule has 2 heterocycles. The lowest BCUT2D eigenvalue weighted by Crippen LogP contribution is -2.16. The van der Waals surface area contributed by atoms with Crippen LogP contribution in [0.4, 0.5) is 5.69 Å². The van der Waals surface area contributed by atoms with E-state index in [2.05, 4.69) is 33.6 Å². The molecule has 1 aliphatic rings. The average Bonchev–Trinajstić information content (AvgIpc) is 2.86. The van der Waals surface area contributed by atoms with Crippen LogP contribution in [0.5, 0.6) is 11.5 Å². The molecule has 0 amide bonds. The highest BCUT2D eigenvalue weighted by Gasteiger charge is 2.17. The molecule has 1 N–H and O–H groups in total. The summed E-state index contributed by atoms with van der Waals surface area (Å²) in [6.07, 6.45) is 0. The standard InChI is InChI=1S/C14H13BrClNO2S/c1-8(14-9(15)2-5-20-14)17-11-7-13-12(6-10(11)16)18-3-4-19-13/h2,5-8,17H,3-4H2,1H3. The number of ether oxygens (including phenoxy) is 2. The molecular formula is C14H13BrClNO2S. The molecule has 1 aromatic carbocycles. The first kappa shape index (κ1) is 14.0. The minimum atomic E-state index is 0.157. The van der Waals surface area contributed by atoms with Gasteiger partial charge in [0, 0.05) is 21.5 Å². The minimum absolute atomic E-state index is 0.157. The molecule has 20 heavy (non-hydrogen) atoms. The fraction of sp³-hybridized carbons (Fsp3) is 0.286. The lowest BCUT2D eigenvalue weighted by atomic mass is 10.2. The van der Waals surface area contributed by atoms with Gasteiger partial charge in [0.2, 0.25) is 0 Å². The first-order valence-corrected chi connectivity index (χ1v) is 8.29. The second-order valence-electron chi connectivity index (χ2n) is 4.47. The number of thiophene rings is 1. The molecule has 1 aliphatic heterocycles. The molecule has 0 saturated heterocycles. The maximum atomic E-state index is 6.30. The first-order valence-electron chi connectivity index (χ1n) is 6.23. The predicted molar refractivity (Wildman–Crippen MR) is 86.5 cm³/mol. The van der Waals surface area contributed by atoms with Gasteiger partial charge < -0.3 is 14.8 Å². The molecule has 0 bridgehead atoms. The highest BCUT2D eigenvalue weighted by atomic mass is 79.9. The Morgan fingerprint density at radius 2 is 2.00 bits per heavy atom. The average molecular weight is 375 g/mol. The first-order chi connectivity index (χ1) is 9.65. The van der Waals surface area contributed by atoms with Gasteiger partial charge in [0.1, 0.15) is 13.2 Å². The third kappa shape index (κ3) is 2.75. The quantitative estimate of drug-likeness (QED) is 0.810. The SMILES string of the molecule is CC(Nc1cc2c(cc1Cl)OCCO2)c1sccc1Br. The number of hydrogen-bond acceptors (Lipinski definition) is 4. The maximum Gasteiger partial charge on any atom is 0.163 e. The normalized spacial score (nSPS) is 14.9. The van der Waals surface area contributed by atoms with Gasteiger partial charge in [-0.2, -0.15) is 0 Å². The molecule has 0 saturated carbocycles. The second kappa shape index (κ2) is 5.84. The van der Waals surface area contributed by atoms with E-state index in [0.29, 0.717) is 24.0 Å². The van der Waals surface area contributed by atoms with Crippen molar-refractivity contribution in [2.24, 2.45) is 0 Å². The number of halogens is 2. The van der Waals surface area contributed by atoms with Crippen LogP contribution in [0.2, 0.25) is 5.02 Å². The van der Waals surface area contributed by atoms with Crippen LogP contribution in [0, 0.1) is 0 Å². The zero-order valence-corrected chi connectivity index (χ0v) is 13.9. The van der Waals surface area contributed by atoms with Crippen LogP contribution in [-0.2, 0) is 0 Å². The van der Waals surface area contributed by atoms with E-state index in [1.807, 2.05) is 12.1 Å². The van der Waals surface area contributed by atoms with Crippen LogP contribution >= 0.6 is 38.9 Å². The van der Waals surface area contributed by atoms with Gasteiger partial charge in [0.15, 0.2) is 11.5 Å². The highest BCUT2D eigenvalue weighted by Crippen LogP contribution is 2.40. The summed E-state index contributed by atoms with van der Waals surface area (Å²) in [5.74, 6) is 1.44. The summed E-state index contributed by atoms with van der Waals surface area (Å²) < 4.78 is 12.2. The van der Waals surface area contributed by atoms with E-state index in [4.69, 9.17) is 21.1 Å². The molecule has 2 aromatic rings. The number of rotatable bonds is 3. The van der Waals surface area contributed by atoms with Crippen molar-refractivity contribution in [3.63, 3.8) is 0 Å². The van der Waals surface area contributed by atoms with Crippen molar-refractivity contribution in [2.45, 2.75) is 13.0 Å². The van der Waals surface area contributed by atoms with Gasteiger partial charge in [-0.15, -0.1) is 11.3 Å². The van der Waals surface area contributed by atoms with Gasteiger partial charge in [-0.05, 0) is 34.3 Å². The van der Waals surface area contributed by atoms with E-state index in [9.17, 15) is 0 Å². The molecule has 1 aromatic heterocycles. The Morgan fingerprint density at radius 3 is 2.65 bits per heavy atom. The summed E-state index contributed by atoms with van der Waals surface area (Å²) in [7, 11) is 0. The Kier molecular flexibility index (Phi) is 4.10. The van der Waals surface area contributed by atoms with Crippen molar-refractivity contribution in [1.82, 2.24) is 0 Å². The van der Waals surface area contributed by atoms with Crippen LogP contribution in [0.3, 0.4) is 0 Å². The smallest absolute Gasteiger partial charge is 0.163 e. The summed E-state index contributed by atoms with van der Waals surface area (Å²) >= 11 is 11.6. The molecule has 1 atom stereocenters. The zero-order chi connectivity index (χ0) is 14.1. The third-order valence-corrected chi connectivity index (χ3v) is 5.41. The van der Waals surface area contributed by atoms with Gasteiger partial charge in [-0.25, -0.2) is 0 Å². The van der Waals surface area contributed by atoms with Crippen LogP contribution < -0.4 is 14.8 Å². The van der Waals surface area contributed by atoms with Crippen LogP contribution in [-0.4, -0.2) is 13.2 Å². The summed E-state index contributed by atoms with van der Waals surface area (Å²) in [4.78, 5) is 1.23. The van der Waals surface area contributed by atoms with Gasteiger partial charge in [0.25, 0.3) is 0 Å². The van der Waals surface area contributed by atoms with Crippen molar-refractivity contribution in [2.75, 3.05) is 18.5 Å². The molecule has 6 heteroatoms. The van der Waals surface area contributed by atoms with E-state index < -0.39 is 0 Å². The molecule has 0 fully saturated rings. The zero-order valence-electron chi connectivity index (χ0n) is 10.8. The monoisotopic (exact) mass is 373 g/mol. The number of nitrogens with one attached hydrogen (secondary N) is 1. The predicted octanol–water partition coefficient (Wildman–Crippen LogP) is 5.11. The molecule has 0 spiro atoms. The van der Waals surface area contributed by atoms with Crippen LogP contribution in [0.25, 0.3) is 0 Å². The van der Waals surface area contributed by atoms with Crippen molar-refractivity contribution in [1.29, 1.82) is 0 Å². The Balaban J connectivity index is 1.85. The fourth-order valence-electron chi connectivity index (χ4n) is 2.09. The minimum Gasteiger partial charge on any atom is -0.486 e. The fourth-order valence-corrected chi connectivity index (χ4v) is 4.02. The molecule has 0 radical (unpaired) electrons. The van der Waals surface area contributed by atoms with Crippen LogP contribution in [0.15, 0.2) is 28.1 Å². The Hall–Kier alpha value is -0.910. The molecule has 3 nitrogen and oxygen atoms in total. The van der Waals surface area contributed by atoms with Crippen molar-refractivity contribution >= 4 is 44.6 Å². The van der Waals surface area contributed by atoms with Crippen molar-refractivity contribution in [3.05, 3.63) is 38.0 Å². The molecule has 0 aliphatic carbocycles. The van der Waals surface area contributed by atoms with Gasteiger partial charge in [-0.3, -0.25) is 0 Å².